The SMILES string of the molecule is Cc1cc2cc(c1F)[C@H](CC(=O)O)NC(=O)[C@@H](n1cc(CCN3CC(F)C3)c(C(F)(F)F)cc1=O)c1cc(ccc1F)Oc1cc(N3C4CCC3COC4)cc(C)c1-2. The van der Waals surface area contributed by atoms with Gasteiger partial charge in [-0.05, 0) is 91.8 Å². The summed E-state index contributed by atoms with van der Waals surface area (Å²) < 4.78 is 102. The monoisotopic (exact) mass is 810 g/mol. The molecule has 0 spiro atoms. The number of fused-ring (bicyclic) bond motifs is 8. The van der Waals surface area contributed by atoms with Crippen LogP contribution in [0.1, 0.15) is 64.7 Å². The number of alkyl halides is 4. The molecule has 4 aliphatic heterocycles. The zero-order chi connectivity index (χ0) is 41.2. The van der Waals surface area contributed by atoms with E-state index in [9.17, 15) is 37.1 Å². The van der Waals surface area contributed by atoms with E-state index in [-0.39, 0.29) is 60.8 Å². The number of carboxylic acid groups (broad SMARTS) is 1. The summed E-state index contributed by atoms with van der Waals surface area (Å²) in [6.45, 7) is 4.43. The van der Waals surface area contributed by atoms with Crippen LogP contribution in [-0.2, 0) is 26.9 Å². The minimum absolute atomic E-state index is 0.00132. The number of likely N-dealkylation sites (tertiary alicyclic amines) is 1. The number of carboxylic acids is 1. The molecule has 58 heavy (non-hydrogen) atoms. The number of aliphatic carboxylic acids is 1. The Morgan fingerprint density at radius 2 is 1.67 bits per heavy atom. The third kappa shape index (κ3) is 7.43. The van der Waals surface area contributed by atoms with Gasteiger partial charge in [0.25, 0.3) is 5.56 Å². The van der Waals surface area contributed by atoms with Gasteiger partial charge in [0, 0.05) is 60.3 Å². The van der Waals surface area contributed by atoms with Crippen LogP contribution in [-0.4, -0.2) is 77.6 Å². The molecule has 306 valence electrons. The maximum absolute atomic E-state index is 16.2. The molecule has 0 aliphatic carbocycles. The lowest BCUT2D eigenvalue weighted by atomic mass is 9.91. The average Bonchev–Trinajstić information content (AvgIpc) is 3.39. The van der Waals surface area contributed by atoms with E-state index in [4.69, 9.17) is 9.47 Å². The molecule has 0 radical (unpaired) electrons. The standard InChI is InChI=1S/C42H40F6N4O6/c1-21-10-28(52-26-3-4-27(52)20-57-19-26)12-35-38(21)24-9-22(2)39(45)31(11-24)34(15-37(54)55)49-41(56)40(30-13-29(58-35)5-6-33(30)44)51-16-23(7-8-50-17-25(43)18-50)32(14-36(51)53)42(46,47)48/h5-6,9-14,16,25-27,34,40H,3-4,7-8,15,17-20H2,1-2H3,(H,49,56)(H,54,55)/t26?,27?,34-,40-/m0/s1. The summed E-state index contributed by atoms with van der Waals surface area (Å²) in [7, 11) is 0. The number of morpholine rings is 1. The van der Waals surface area contributed by atoms with Gasteiger partial charge < -0.3 is 24.8 Å². The molecule has 3 saturated heterocycles. The van der Waals surface area contributed by atoms with Crippen LogP contribution < -0.4 is 20.5 Å². The predicted molar refractivity (Wildman–Crippen MR) is 200 cm³/mol. The Morgan fingerprint density at radius 3 is 2.34 bits per heavy atom. The number of nitrogens with one attached hydrogen (secondary N) is 1. The topological polar surface area (TPSA) is 113 Å². The van der Waals surface area contributed by atoms with E-state index in [0.29, 0.717) is 40.5 Å². The van der Waals surface area contributed by atoms with E-state index in [1.165, 1.54) is 25.1 Å². The number of aromatic nitrogens is 1. The maximum Gasteiger partial charge on any atom is 0.416 e. The van der Waals surface area contributed by atoms with Gasteiger partial charge in [-0.3, -0.25) is 23.9 Å². The zero-order valence-electron chi connectivity index (χ0n) is 31.5. The minimum Gasteiger partial charge on any atom is -0.481 e. The van der Waals surface area contributed by atoms with Crippen molar-refractivity contribution >= 4 is 17.6 Å². The lowest BCUT2D eigenvalue weighted by Crippen LogP contribution is -2.49. The molecule has 2 N–H and O–H groups in total. The number of anilines is 1. The van der Waals surface area contributed by atoms with Gasteiger partial charge >= 0.3 is 12.1 Å². The van der Waals surface area contributed by atoms with Crippen molar-refractivity contribution in [3.63, 3.8) is 0 Å². The van der Waals surface area contributed by atoms with Crippen molar-refractivity contribution in [2.45, 2.75) is 76.0 Å². The van der Waals surface area contributed by atoms with Crippen molar-refractivity contribution in [2.75, 3.05) is 37.7 Å². The van der Waals surface area contributed by atoms with Crippen LogP contribution >= 0.6 is 0 Å². The van der Waals surface area contributed by atoms with Crippen molar-refractivity contribution in [3.05, 3.63) is 110 Å². The summed E-state index contributed by atoms with van der Waals surface area (Å²) in [5.41, 5.74) is -1.11. The minimum atomic E-state index is -4.99. The molecule has 1 aromatic heterocycles. The van der Waals surface area contributed by atoms with Gasteiger partial charge in [0.05, 0.1) is 43.3 Å². The number of hydrogen-bond acceptors (Lipinski definition) is 7. The van der Waals surface area contributed by atoms with E-state index in [1.807, 2.05) is 19.1 Å². The molecule has 4 atom stereocenters. The van der Waals surface area contributed by atoms with Crippen molar-refractivity contribution in [3.8, 4) is 22.6 Å². The molecule has 5 heterocycles. The summed E-state index contributed by atoms with van der Waals surface area (Å²) in [5.74, 6) is -4.20. The highest BCUT2D eigenvalue weighted by Crippen LogP contribution is 2.45. The molecule has 4 aliphatic rings. The quantitative estimate of drug-likeness (QED) is 0.192. The van der Waals surface area contributed by atoms with Crippen LogP contribution in [0.2, 0.25) is 0 Å². The van der Waals surface area contributed by atoms with Crippen molar-refractivity contribution < 1.29 is 50.5 Å². The summed E-state index contributed by atoms with van der Waals surface area (Å²) in [4.78, 5) is 44.4. The molecule has 1 amide bonds. The zero-order valence-corrected chi connectivity index (χ0v) is 31.5. The lowest BCUT2D eigenvalue weighted by Gasteiger charge is -2.37. The molecule has 8 rings (SSSR count). The lowest BCUT2D eigenvalue weighted by molar-refractivity contribution is -0.139. The third-order valence-corrected chi connectivity index (χ3v) is 11.6. The fourth-order valence-corrected chi connectivity index (χ4v) is 8.81. The molecule has 3 fully saturated rings. The van der Waals surface area contributed by atoms with Crippen LogP contribution in [0.3, 0.4) is 0 Å². The number of carbonyl (C=O) groups is 2. The second-order valence-electron chi connectivity index (χ2n) is 15.6. The molecular weight excluding hydrogens is 770 g/mol. The molecule has 16 heteroatoms. The Bertz CT molecular complexity index is 2350. The Kier molecular flexibility index (Phi) is 10.3. The van der Waals surface area contributed by atoms with Gasteiger partial charge in [-0.1, -0.05) is 0 Å². The summed E-state index contributed by atoms with van der Waals surface area (Å²) >= 11 is 0. The molecule has 2 unspecified atom stereocenters. The van der Waals surface area contributed by atoms with Crippen LogP contribution in [0.4, 0.5) is 32.0 Å². The van der Waals surface area contributed by atoms with Crippen molar-refractivity contribution in [1.82, 2.24) is 14.8 Å². The predicted octanol–water partition coefficient (Wildman–Crippen LogP) is 7.02. The van der Waals surface area contributed by atoms with E-state index >= 15 is 8.78 Å². The number of benzene rings is 3. The van der Waals surface area contributed by atoms with Crippen LogP contribution in [0.15, 0.2) is 59.5 Å². The Morgan fingerprint density at radius 1 is 0.948 bits per heavy atom. The van der Waals surface area contributed by atoms with Crippen LogP contribution in [0.25, 0.3) is 11.1 Å². The number of carbonyl (C=O) groups excluding carboxylic acids is 1. The Hall–Kier alpha value is -5.35. The normalized spacial score (nSPS) is 22.2. The van der Waals surface area contributed by atoms with E-state index in [2.05, 4.69) is 10.2 Å². The second-order valence-corrected chi connectivity index (χ2v) is 15.6. The average molecular weight is 811 g/mol. The number of amides is 1. The number of halogens is 6. The largest absolute Gasteiger partial charge is 0.481 e. The number of ether oxygens (including phenoxy) is 2. The molecule has 10 nitrogen and oxygen atoms in total. The first-order valence-corrected chi connectivity index (χ1v) is 19.0. The molecule has 0 saturated carbocycles. The first kappa shape index (κ1) is 39.5. The van der Waals surface area contributed by atoms with Gasteiger partial charge in [-0.25, -0.2) is 13.2 Å². The number of pyridine rings is 1. The molecule has 3 aromatic carbocycles. The van der Waals surface area contributed by atoms with Gasteiger partial charge in [-0.15, -0.1) is 0 Å². The highest BCUT2D eigenvalue weighted by molar-refractivity contribution is 5.86. The first-order valence-electron chi connectivity index (χ1n) is 19.0. The van der Waals surface area contributed by atoms with Crippen molar-refractivity contribution in [2.24, 2.45) is 0 Å². The van der Waals surface area contributed by atoms with Crippen molar-refractivity contribution in [1.29, 1.82) is 0 Å². The van der Waals surface area contributed by atoms with Gasteiger partial charge in [0.1, 0.15) is 35.3 Å². The summed E-state index contributed by atoms with van der Waals surface area (Å²) in [6.07, 6.45) is -4.61. The fraction of sp³-hybridized carbons (Fsp3) is 0.405. The third-order valence-electron chi connectivity index (χ3n) is 11.6. The number of nitrogens with zero attached hydrogens (tertiary/aromatic N) is 3. The van der Waals surface area contributed by atoms with Crippen LogP contribution in [0, 0.1) is 25.5 Å². The molecule has 4 aromatic rings. The molecule has 6 bridgehead atoms. The van der Waals surface area contributed by atoms with Gasteiger partial charge in [0.2, 0.25) is 5.91 Å². The van der Waals surface area contributed by atoms with E-state index in [0.717, 1.165) is 30.8 Å². The number of hydrogen-bond donors (Lipinski definition) is 2. The highest BCUT2D eigenvalue weighted by atomic mass is 19.4. The van der Waals surface area contributed by atoms with Gasteiger partial charge in [0.15, 0.2) is 0 Å². The molecular formula is C42H40F6N4O6. The van der Waals surface area contributed by atoms with E-state index in [1.54, 1.807) is 11.0 Å². The number of rotatable bonds is 7. The van der Waals surface area contributed by atoms with E-state index < -0.39 is 76.6 Å². The van der Waals surface area contributed by atoms with Crippen LogP contribution in [0.5, 0.6) is 11.5 Å². The smallest absolute Gasteiger partial charge is 0.416 e. The Labute approximate surface area is 329 Å². The number of aryl methyl sites for hydroxylation is 2. The maximum atomic E-state index is 16.2. The van der Waals surface area contributed by atoms with Gasteiger partial charge in [-0.2, -0.15) is 13.2 Å². The second kappa shape index (κ2) is 15.1. The summed E-state index contributed by atoms with van der Waals surface area (Å²) in [6, 6.07) is 7.15. The summed E-state index contributed by atoms with van der Waals surface area (Å²) in [5, 5.41) is 12.5. The Balaban J connectivity index is 1.33. The fourth-order valence-electron chi connectivity index (χ4n) is 8.81. The highest BCUT2D eigenvalue weighted by Gasteiger charge is 2.40. The first-order chi connectivity index (χ1) is 27.5.